The van der Waals surface area contributed by atoms with E-state index < -0.39 is 0 Å². The van der Waals surface area contributed by atoms with Crippen molar-refractivity contribution < 1.29 is 9.90 Å². The first-order valence-corrected chi connectivity index (χ1v) is 11.1. The van der Waals surface area contributed by atoms with Crippen LogP contribution in [-0.4, -0.2) is 47.7 Å². The lowest BCUT2D eigenvalue weighted by Gasteiger charge is -2.29. The largest absolute Gasteiger partial charge is 0.393 e. The van der Waals surface area contributed by atoms with Crippen molar-refractivity contribution in [2.45, 2.75) is 58.8 Å². The number of anilines is 1. The molecule has 0 bridgehead atoms. The van der Waals surface area contributed by atoms with Gasteiger partial charge < -0.3 is 15.3 Å². The number of likely N-dealkylation sites (tertiary alicyclic amines) is 1. The summed E-state index contributed by atoms with van der Waals surface area (Å²) >= 11 is 0. The van der Waals surface area contributed by atoms with Crippen LogP contribution >= 0.6 is 0 Å². The molecule has 3 rings (SSSR count). The van der Waals surface area contributed by atoms with Crippen molar-refractivity contribution in [2.75, 3.05) is 24.5 Å². The van der Waals surface area contributed by atoms with Gasteiger partial charge in [0.25, 0.3) is 5.91 Å². The van der Waals surface area contributed by atoms with E-state index in [-0.39, 0.29) is 12.0 Å². The molecular formula is C25H35N3O2. The summed E-state index contributed by atoms with van der Waals surface area (Å²) < 4.78 is 0. The molecule has 0 saturated carbocycles. The van der Waals surface area contributed by atoms with Crippen molar-refractivity contribution in [1.29, 1.82) is 0 Å². The Balaban J connectivity index is 1.49. The molecule has 0 atom stereocenters. The molecule has 1 heterocycles. The minimum absolute atomic E-state index is 0.0508. The van der Waals surface area contributed by atoms with Crippen molar-refractivity contribution in [3.8, 4) is 0 Å². The maximum atomic E-state index is 12.5. The molecule has 30 heavy (non-hydrogen) atoms. The van der Waals surface area contributed by atoms with Crippen LogP contribution in [0.15, 0.2) is 48.5 Å². The number of carbonyl (C=O) groups is 1. The molecule has 0 aromatic heterocycles. The van der Waals surface area contributed by atoms with Gasteiger partial charge in [0.05, 0.1) is 6.10 Å². The molecule has 1 saturated heterocycles. The van der Waals surface area contributed by atoms with Gasteiger partial charge in [0, 0.05) is 50.0 Å². The topological polar surface area (TPSA) is 55.8 Å². The second kappa shape index (κ2) is 10.6. The minimum atomic E-state index is -0.135. The SMILES string of the molecule is CCN(c1ccc(C(=O)NCc2ccc(CN3CCC(O)CC3)cc2)cc1)C(C)C. The van der Waals surface area contributed by atoms with Crippen LogP contribution in [0.3, 0.4) is 0 Å². The van der Waals surface area contributed by atoms with Crippen molar-refractivity contribution >= 4 is 11.6 Å². The van der Waals surface area contributed by atoms with Crippen molar-refractivity contribution in [3.05, 3.63) is 65.2 Å². The maximum Gasteiger partial charge on any atom is 0.251 e. The Kier molecular flexibility index (Phi) is 7.88. The molecule has 2 aromatic rings. The van der Waals surface area contributed by atoms with Gasteiger partial charge in [0.2, 0.25) is 0 Å². The molecule has 2 N–H and O–H groups in total. The van der Waals surface area contributed by atoms with Crippen molar-refractivity contribution in [1.82, 2.24) is 10.2 Å². The van der Waals surface area contributed by atoms with Crippen LogP contribution < -0.4 is 10.2 Å². The second-order valence-electron chi connectivity index (χ2n) is 8.43. The Morgan fingerprint density at radius 3 is 2.23 bits per heavy atom. The number of nitrogens with zero attached hydrogens (tertiary/aromatic N) is 2. The first-order valence-electron chi connectivity index (χ1n) is 11.1. The summed E-state index contributed by atoms with van der Waals surface area (Å²) in [5, 5.41) is 12.6. The van der Waals surface area contributed by atoms with Gasteiger partial charge in [-0.05, 0) is 69.0 Å². The molecular weight excluding hydrogens is 374 g/mol. The number of amides is 1. The zero-order valence-corrected chi connectivity index (χ0v) is 18.5. The number of aliphatic hydroxyl groups is 1. The van der Waals surface area contributed by atoms with E-state index in [1.54, 1.807) is 0 Å². The van der Waals surface area contributed by atoms with E-state index in [4.69, 9.17) is 0 Å². The molecule has 0 spiro atoms. The van der Waals surface area contributed by atoms with Crippen molar-refractivity contribution in [3.63, 3.8) is 0 Å². The van der Waals surface area contributed by atoms with Crippen LogP contribution in [-0.2, 0) is 13.1 Å². The zero-order valence-electron chi connectivity index (χ0n) is 18.5. The highest BCUT2D eigenvalue weighted by Crippen LogP contribution is 2.18. The van der Waals surface area contributed by atoms with Gasteiger partial charge in [-0.3, -0.25) is 9.69 Å². The second-order valence-corrected chi connectivity index (χ2v) is 8.43. The summed E-state index contributed by atoms with van der Waals surface area (Å²) in [4.78, 5) is 17.2. The van der Waals surface area contributed by atoms with E-state index >= 15 is 0 Å². The van der Waals surface area contributed by atoms with Crippen LogP contribution in [0.2, 0.25) is 0 Å². The third-order valence-corrected chi connectivity index (χ3v) is 5.86. The fraction of sp³-hybridized carbons (Fsp3) is 0.480. The Bertz CT molecular complexity index is 794. The molecule has 162 valence electrons. The molecule has 0 unspecified atom stereocenters. The normalized spacial score (nSPS) is 15.4. The van der Waals surface area contributed by atoms with E-state index in [1.165, 1.54) is 5.56 Å². The number of piperidine rings is 1. The number of hydrogen-bond acceptors (Lipinski definition) is 4. The number of nitrogens with one attached hydrogen (secondary N) is 1. The Hall–Kier alpha value is -2.37. The molecule has 2 aromatic carbocycles. The fourth-order valence-electron chi connectivity index (χ4n) is 4.03. The predicted molar refractivity (Wildman–Crippen MR) is 123 cm³/mol. The first-order chi connectivity index (χ1) is 14.5. The molecule has 1 aliphatic heterocycles. The Morgan fingerprint density at radius 1 is 1.07 bits per heavy atom. The van der Waals surface area contributed by atoms with Gasteiger partial charge in [0.1, 0.15) is 0 Å². The minimum Gasteiger partial charge on any atom is -0.393 e. The molecule has 1 aliphatic rings. The molecule has 5 nitrogen and oxygen atoms in total. The summed E-state index contributed by atoms with van der Waals surface area (Å²) in [7, 11) is 0. The average molecular weight is 410 g/mol. The summed E-state index contributed by atoms with van der Waals surface area (Å²) in [5.41, 5.74) is 4.18. The molecule has 1 fully saturated rings. The predicted octanol–water partition coefficient (Wildman–Crippen LogP) is 3.81. The summed E-state index contributed by atoms with van der Waals surface area (Å²) in [6.45, 7) is 10.8. The smallest absolute Gasteiger partial charge is 0.251 e. The number of carbonyl (C=O) groups excluding carboxylic acids is 1. The van der Waals surface area contributed by atoms with Gasteiger partial charge in [-0.1, -0.05) is 24.3 Å². The number of hydrogen-bond donors (Lipinski definition) is 2. The molecule has 5 heteroatoms. The van der Waals surface area contributed by atoms with E-state index in [0.29, 0.717) is 18.2 Å². The zero-order chi connectivity index (χ0) is 21.5. The van der Waals surface area contributed by atoms with Gasteiger partial charge >= 0.3 is 0 Å². The molecule has 0 aliphatic carbocycles. The number of benzene rings is 2. The van der Waals surface area contributed by atoms with E-state index in [9.17, 15) is 9.90 Å². The van der Waals surface area contributed by atoms with Crippen LogP contribution in [0.25, 0.3) is 0 Å². The lowest BCUT2D eigenvalue weighted by Crippen LogP contribution is -2.35. The Labute approximate surface area is 180 Å². The standard InChI is InChI=1S/C25H35N3O2/c1-4-28(19(2)3)23-11-9-22(10-12-23)25(30)26-17-20-5-7-21(8-6-20)18-27-15-13-24(29)14-16-27/h5-12,19,24,29H,4,13-18H2,1-3H3,(H,26,30). The third kappa shape index (κ3) is 6.07. The summed E-state index contributed by atoms with van der Waals surface area (Å²) in [6.07, 6.45) is 1.59. The van der Waals surface area contributed by atoms with Crippen LogP contribution in [0.4, 0.5) is 5.69 Å². The maximum absolute atomic E-state index is 12.5. The van der Waals surface area contributed by atoms with E-state index in [2.05, 4.69) is 60.2 Å². The van der Waals surface area contributed by atoms with Crippen molar-refractivity contribution in [2.24, 2.45) is 0 Å². The lowest BCUT2D eigenvalue weighted by molar-refractivity contribution is 0.0792. The van der Waals surface area contributed by atoms with Gasteiger partial charge in [-0.25, -0.2) is 0 Å². The van der Waals surface area contributed by atoms with E-state index in [0.717, 1.165) is 50.3 Å². The Morgan fingerprint density at radius 2 is 1.67 bits per heavy atom. The highest BCUT2D eigenvalue weighted by molar-refractivity contribution is 5.94. The number of aliphatic hydroxyl groups excluding tert-OH is 1. The van der Waals surface area contributed by atoms with Gasteiger partial charge in [-0.15, -0.1) is 0 Å². The molecule has 1 amide bonds. The number of rotatable bonds is 8. The average Bonchev–Trinajstić information content (AvgIpc) is 2.75. The monoisotopic (exact) mass is 409 g/mol. The lowest BCUT2D eigenvalue weighted by atomic mass is 10.1. The van der Waals surface area contributed by atoms with Gasteiger partial charge in [-0.2, -0.15) is 0 Å². The van der Waals surface area contributed by atoms with E-state index in [1.807, 2.05) is 24.3 Å². The summed E-state index contributed by atoms with van der Waals surface area (Å²) in [6, 6.07) is 16.7. The summed E-state index contributed by atoms with van der Waals surface area (Å²) in [5.74, 6) is -0.0508. The third-order valence-electron chi connectivity index (χ3n) is 5.86. The highest BCUT2D eigenvalue weighted by atomic mass is 16.3. The molecule has 0 radical (unpaired) electrons. The van der Waals surface area contributed by atoms with Gasteiger partial charge in [0.15, 0.2) is 0 Å². The first kappa shape index (κ1) is 22.3. The van der Waals surface area contributed by atoms with Crippen LogP contribution in [0.5, 0.6) is 0 Å². The quantitative estimate of drug-likeness (QED) is 0.696. The highest BCUT2D eigenvalue weighted by Gasteiger charge is 2.16. The van der Waals surface area contributed by atoms with Crippen LogP contribution in [0.1, 0.15) is 55.1 Å². The van der Waals surface area contributed by atoms with Crippen LogP contribution in [0, 0.1) is 0 Å². The fourth-order valence-corrected chi connectivity index (χ4v) is 4.03.